The van der Waals surface area contributed by atoms with Crippen LogP contribution in [0.5, 0.6) is 0 Å². The van der Waals surface area contributed by atoms with Gasteiger partial charge in [0.15, 0.2) is 0 Å². The van der Waals surface area contributed by atoms with Gasteiger partial charge >= 0.3 is 0 Å². The molecule has 35 heavy (non-hydrogen) atoms. The summed E-state index contributed by atoms with van der Waals surface area (Å²) in [6.07, 6.45) is 0.919. The highest BCUT2D eigenvalue weighted by Crippen LogP contribution is 2.24. The quantitative estimate of drug-likeness (QED) is 0.370. The first-order valence-electron chi connectivity index (χ1n) is 11.1. The Hall–Kier alpha value is -3.47. The highest BCUT2D eigenvalue weighted by Gasteiger charge is 2.30. The Kier molecular flexibility index (Phi) is 9.35. The van der Waals surface area contributed by atoms with E-state index in [1.54, 1.807) is 6.92 Å². The van der Waals surface area contributed by atoms with Crippen molar-refractivity contribution in [3.8, 4) is 0 Å². The van der Waals surface area contributed by atoms with Crippen molar-refractivity contribution >= 4 is 33.2 Å². The number of carbonyl (C=O) groups is 2. The maximum Gasteiger partial charge on any atom is 0.271 e. The van der Waals surface area contributed by atoms with Crippen LogP contribution in [0.3, 0.4) is 0 Å². The lowest BCUT2D eigenvalue weighted by Crippen LogP contribution is -2.51. The predicted octanol–water partition coefficient (Wildman–Crippen LogP) is 2.86. The van der Waals surface area contributed by atoms with Crippen LogP contribution in [0.2, 0.25) is 0 Å². The zero-order valence-corrected chi connectivity index (χ0v) is 21.4. The molecule has 2 aromatic rings. The minimum atomic E-state index is -3.97. The van der Waals surface area contributed by atoms with Crippen LogP contribution in [0.4, 0.5) is 11.4 Å². The number of hydrogen-bond donors (Lipinski definition) is 1. The number of nitro benzene ring substituents is 1. The molecule has 0 aromatic heterocycles. The third kappa shape index (κ3) is 8.06. The van der Waals surface area contributed by atoms with E-state index in [0.717, 1.165) is 27.8 Å². The van der Waals surface area contributed by atoms with Gasteiger partial charge in [0.05, 0.1) is 16.9 Å². The van der Waals surface area contributed by atoms with Crippen molar-refractivity contribution in [2.24, 2.45) is 5.92 Å². The molecular weight excluding hydrogens is 472 g/mol. The van der Waals surface area contributed by atoms with E-state index in [4.69, 9.17) is 0 Å². The number of nitro groups is 1. The number of rotatable bonds is 11. The molecule has 190 valence electrons. The van der Waals surface area contributed by atoms with Gasteiger partial charge in [-0.15, -0.1) is 0 Å². The second kappa shape index (κ2) is 11.8. The van der Waals surface area contributed by atoms with Crippen LogP contribution in [-0.2, 0) is 26.2 Å². The number of amides is 2. The number of nitrogens with zero attached hydrogens (tertiary/aromatic N) is 3. The summed E-state index contributed by atoms with van der Waals surface area (Å²) in [5.41, 5.74) is 1.49. The second-order valence-electron chi connectivity index (χ2n) is 8.87. The standard InChI is InChI=1S/C24H32N4O6S/c1-17(2)14-25-24(30)19(4)26(15-20-11-9-18(3)10-12-20)23(29)16-27(35(5,33)34)21-7-6-8-22(13-21)28(31)32/h6-13,17,19H,14-16H2,1-5H3,(H,25,30). The van der Waals surface area contributed by atoms with Gasteiger partial charge in [0.2, 0.25) is 21.8 Å². The molecule has 10 nitrogen and oxygen atoms in total. The third-order valence-corrected chi connectivity index (χ3v) is 6.47. The van der Waals surface area contributed by atoms with Crippen LogP contribution in [0.1, 0.15) is 31.9 Å². The third-order valence-electron chi connectivity index (χ3n) is 5.33. The highest BCUT2D eigenvalue weighted by atomic mass is 32.2. The maximum atomic E-state index is 13.5. The number of sulfonamides is 1. The van der Waals surface area contributed by atoms with Crippen molar-refractivity contribution in [1.82, 2.24) is 10.2 Å². The SMILES string of the molecule is Cc1ccc(CN(C(=O)CN(c2cccc([N+](=O)[O-])c2)S(C)(=O)=O)C(C)C(=O)NCC(C)C)cc1. The van der Waals surface area contributed by atoms with E-state index in [9.17, 15) is 28.1 Å². The molecule has 0 saturated heterocycles. The largest absolute Gasteiger partial charge is 0.354 e. The summed E-state index contributed by atoms with van der Waals surface area (Å²) in [4.78, 5) is 38.1. The zero-order valence-electron chi connectivity index (χ0n) is 20.6. The molecule has 0 aliphatic rings. The van der Waals surface area contributed by atoms with Gasteiger partial charge in [0.25, 0.3) is 5.69 Å². The van der Waals surface area contributed by atoms with Gasteiger partial charge in [0.1, 0.15) is 12.6 Å². The van der Waals surface area contributed by atoms with E-state index in [-0.39, 0.29) is 29.7 Å². The zero-order chi connectivity index (χ0) is 26.3. The number of hydrogen-bond acceptors (Lipinski definition) is 6. The van der Waals surface area contributed by atoms with Gasteiger partial charge in [-0.3, -0.25) is 24.0 Å². The van der Waals surface area contributed by atoms with E-state index in [1.165, 1.54) is 23.1 Å². The summed E-state index contributed by atoms with van der Waals surface area (Å²) in [6, 6.07) is 11.6. The van der Waals surface area contributed by atoms with Gasteiger partial charge in [0, 0.05) is 25.2 Å². The Bertz CT molecular complexity index is 1160. The van der Waals surface area contributed by atoms with E-state index < -0.39 is 33.4 Å². The van der Waals surface area contributed by atoms with Crippen molar-refractivity contribution in [1.29, 1.82) is 0 Å². The van der Waals surface area contributed by atoms with Gasteiger partial charge in [-0.05, 0) is 31.4 Å². The summed E-state index contributed by atoms with van der Waals surface area (Å²) in [5.74, 6) is -0.767. The van der Waals surface area contributed by atoms with Crippen molar-refractivity contribution in [2.75, 3.05) is 23.7 Å². The minimum Gasteiger partial charge on any atom is -0.354 e. The first kappa shape index (κ1) is 27.8. The van der Waals surface area contributed by atoms with Crippen LogP contribution in [0.15, 0.2) is 48.5 Å². The fourth-order valence-electron chi connectivity index (χ4n) is 3.30. The molecule has 0 saturated carbocycles. The fourth-order valence-corrected chi connectivity index (χ4v) is 4.14. The Balaban J connectivity index is 2.39. The molecule has 1 unspecified atom stereocenters. The summed E-state index contributed by atoms with van der Waals surface area (Å²) in [6.45, 7) is 7.30. The lowest BCUT2D eigenvalue weighted by molar-refractivity contribution is -0.384. The number of nitrogens with one attached hydrogen (secondary N) is 1. The number of anilines is 1. The maximum absolute atomic E-state index is 13.5. The molecule has 0 aliphatic heterocycles. The van der Waals surface area contributed by atoms with Gasteiger partial charge < -0.3 is 10.2 Å². The van der Waals surface area contributed by atoms with Crippen molar-refractivity contribution in [3.63, 3.8) is 0 Å². The van der Waals surface area contributed by atoms with E-state index in [2.05, 4.69) is 5.32 Å². The van der Waals surface area contributed by atoms with Crippen LogP contribution in [0.25, 0.3) is 0 Å². The normalized spacial score (nSPS) is 12.2. The predicted molar refractivity (Wildman–Crippen MR) is 134 cm³/mol. The second-order valence-corrected chi connectivity index (χ2v) is 10.8. The molecule has 1 N–H and O–H groups in total. The first-order chi connectivity index (χ1) is 16.3. The number of benzene rings is 2. The molecule has 0 radical (unpaired) electrons. The summed E-state index contributed by atoms with van der Waals surface area (Å²) in [5, 5.41) is 14.0. The number of carbonyl (C=O) groups excluding carboxylic acids is 2. The lowest BCUT2D eigenvalue weighted by atomic mass is 10.1. The molecule has 0 spiro atoms. The molecule has 0 bridgehead atoms. The van der Waals surface area contributed by atoms with Crippen LogP contribution in [-0.4, -0.2) is 55.4 Å². The Morgan fingerprint density at radius 1 is 1.09 bits per heavy atom. The highest BCUT2D eigenvalue weighted by molar-refractivity contribution is 7.92. The molecule has 2 aromatic carbocycles. The first-order valence-corrected chi connectivity index (χ1v) is 13.0. The van der Waals surface area contributed by atoms with Crippen molar-refractivity contribution < 1.29 is 22.9 Å². The monoisotopic (exact) mass is 504 g/mol. The van der Waals surface area contributed by atoms with Crippen LogP contribution < -0.4 is 9.62 Å². The molecule has 0 aliphatic carbocycles. The number of non-ortho nitro benzene ring substituents is 1. The van der Waals surface area contributed by atoms with Crippen LogP contribution >= 0.6 is 0 Å². The average Bonchev–Trinajstić information content (AvgIpc) is 2.79. The Morgan fingerprint density at radius 2 is 1.71 bits per heavy atom. The minimum absolute atomic E-state index is 0.0118. The molecule has 0 fully saturated rings. The summed E-state index contributed by atoms with van der Waals surface area (Å²) in [7, 11) is -3.97. The van der Waals surface area contributed by atoms with Gasteiger partial charge in [-0.2, -0.15) is 0 Å². The molecule has 2 rings (SSSR count). The topological polar surface area (TPSA) is 130 Å². The average molecular weight is 505 g/mol. The van der Waals surface area contributed by atoms with Crippen molar-refractivity contribution in [2.45, 2.75) is 40.3 Å². The summed E-state index contributed by atoms with van der Waals surface area (Å²) >= 11 is 0. The summed E-state index contributed by atoms with van der Waals surface area (Å²) < 4.78 is 25.9. The molecular formula is C24H32N4O6S. The lowest BCUT2D eigenvalue weighted by Gasteiger charge is -2.31. The van der Waals surface area contributed by atoms with Crippen LogP contribution in [0, 0.1) is 23.0 Å². The molecule has 11 heteroatoms. The van der Waals surface area contributed by atoms with E-state index in [1.807, 2.05) is 45.0 Å². The Labute approximate surface area is 206 Å². The molecule has 2 amide bonds. The fraction of sp³-hybridized carbons (Fsp3) is 0.417. The Morgan fingerprint density at radius 3 is 2.26 bits per heavy atom. The van der Waals surface area contributed by atoms with Crippen molar-refractivity contribution in [3.05, 3.63) is 69.8 Å². The molecule has 1 atom stereocenters. The smallest absolute Gasteiger partial charge is 0.271 e. The number of aryl methyl sites for hydroxylation is 1. The van der Waals surface area contributed by atoms with E-state index >= 15 is 0 Å². The molecule has 0 heterocycles. The van der Waals surface area contributed by atoms with E-state index in [0.29, 0.717) is 6.54 Å². The van der Waals surface area contributed by atoms with Gasteiger partial charge in [-0.1, -0.05) is 49.7 Å². The van der Waals surface area contributed by atoms with Gasteiger partial charge in [-0.25, -0.2) is 8.42 Å².